The summed E-state index contributed by atoms with van der Waals surface area (Å²) in [6.45, 7) is 4.48. The van der Waals surface area contributed by atoms with Crippen LogP contribution in [-0.2, 0) is 9.47 Å². The Morgan fingerprint density at radius 1 is 1.00 bits per heavy atom. The highest BCUT2D eigenvalue weighted by Crippen LogP contribution is 2.66. The highest BCUT2D eigenvalue weighted by atomic mass is 16.7. The lowest BCUT2D eigenvalue weighted by atomic mass is 9.47. The first kappa shape index (κ1) is 25.7. The van der Waals surface area contributed by atoms with Gasteiger partial charge in [-0.1, -0.05) is 37.6 Å². The minimum atomic E-state index is -1.41. The van der Waals surface area contributed by atoms with Gasteiger partial charge in [0.15, 0.2) is 6.29 Å². The summed E-state index contributed by atoms with van der Waals surface area (Å²) in [6.07, 6.45) is 9.88. The van der Waals surface area contributed by atoms with Crippen LogP contribution < -0.4 is 0 Å². The lowest BCUT2D eigenvalue weighted by Gasteiger charge is -2.58. The molecule has 1 aliphatic heterocycles. The first-order valence-corrected chi connectivity index (χ1v) is 14.0. The van der Waals surface area contributed by atoms with Crippen LogP contribution in [0, 0.1) is 28.6 Å². The minimum Gasteiger partial charge on any atom is -0.394 e. The molecule has 0 radical (unpaired) electrons. The molecule has 7 heteroatoms. The maximum absolute atomic E-state index is 10.4. The number of hydrogen-bond donors (Lipinski definition) is 4. The number of aromatic nitrogens is 1. The van der Waals surface area contributed by atoms with Crippen molar-refractivity contribution < 1.29 is 29.9 Å². The predicted molar refractivity (Wildman–Crippen MR) is 138 cm³/mol. The molecule has 0 spiro atoms. The summed E-state index contributed by atoms with van der Waals surface area (Å²) in [5.41, 5.74) is 4.57. The van der Waals surface area contributed by atoms with Gasteiger partial charge in [0.1, 0.15) is 24.4 Å². The van der Waals surface area contributed by atoms with Crippen LogP contribution in [0.5, 0.6) is 0 Å². The smallest absolute Gasteiger partial charge is 0.186 e. The third kappa shape index (κ3) is 4.05. The molecule has 0 bridgehead atoms. The third-order valence-corrected chi connectivity index (χ3v) is 10.8. The van der Waals surface area contributed by atoms with Gasteiger partial charge in [-0.05, 0) is 90.7 Å². The maximum atomic E-state index is 10.4. The van der Waals surface area contributed by atoms with E-state index in [4.69, 9.17) is 9.47 Å². The molecule has 3 fully saturated rings. The molecule has 5 aliphatic rings. The third-order valence-electron chi connectivity index (χ3n) is 10.8. The van der Waals surface area contributed by atoms with Crippen molar-refractivity contribution in [2.45, 2.75) is 95.6 Å². The van der Waals surface area contributed by atoms with Gasteiger partial charge in [-0.3, -0.25) is 4.98 Å². The summed E-state index contributed by atoms with van der Waals surface area (Å²) >= 11 is 0. The quantitative estimate of drug-likeness (QED) is 0.459. The minimum absolute atomic E-state index is 0.128. The van der Waals surface area contributed by atoms with E-state index in [2.05, 4.69) is 37.0 Å². The second-order valence-corrected chi connectivity index (χ2v) is 12.5. The molecule has 0 amide bonds. The van der Waals surface area contributed by atoms with Crippen molar-refractivity contribution in [3.8, 4) is 0 Å². The summed E-state index contributed by atoms with van der Waals surface area (Å²) < 4.78 is 11.8. The van der Waals surface area contributed by atoms with Crippen LogP contribution in [0.2, 0.25) is 0 Å². The standard InChI is InChI=1S/C30H41NO6/c1-29-11-9-19(36-28-27(35)26(34)25(33)24(16-32)37-28)14-18(29)5-6-20-22-8-7-21(17-4-3-13-31-15-17)30(22,2)12-10-23(20)29/h3-5,7,13,15,19-20,22-28,32-35H,6,8-12,14,16H2,1-2H3/t19-,20?,22-,23-,24+,25+,26-,27+,28+,29-,30+/m0/s1. The Morgan fingerprint density at radius 3 is 2.57 bits per heavy atom. The Kier molecular flexibility index (Phi) is 6.62. The molecule has 4 aliphatic carbocycles. The molecule has 2 saturated carbocycles. The van der Waals surface area contributed by atoms with Crippen molar-refractivity contribution in [1.29, 1.82) is 0 Å². The molecule has 37 heavy (non-hydrogen) atoms. The monoisotopic (exact) mass is 511 g/mol. The molecule has 1 aromatic rings. The average Bonchev–Trinajstić information content (AvgIpc) is 3.27. The van der Waals surface area contributed by atoms with E-state index >= 15 is 0 Å². The van der Waals surface area contributed by atoms with E-state index in [1.165, 1.54) is 29.6 Å². The van der Waals surface area contributed by atoms with Crippen molar-refractivity contribution in [3.05, 3.63) is 47.8 Å². The molecular formula is C30H41NO6. The Hall–Kier alpha value is -1.61. The number of ether oxygens (including phenoxy) is 2. The average molecular weight is 512 g/mol. The van der Waals surface area contributed by atoms with Crippen LogP contribution >= 0.6 is 0 Å². The zero-order valence-corrected chi connectivity index (χ0v) is 21.9. The van der Waals surface area contributed by atoms with Gasteiger partial charge in [0, 0.05) is 12.4 Å². The molecule has 1 aromatic heterocycles. The zero-order chi connectivity index (χ0) is 25.9. The Balaban J connectivity index is 1.17. The normalized spacial score (nSPS) is 47.4. The van der Waals surface area contributed by atoms with Crippen molar-refractivity contribution in [3.63, 3.8) is 0 Å². The number of aliphatic hydroxyl groups excluding tert-OH is 4. The van der Waals surface area contributed by atoms with Crippen molar-refractivity contribution in [1.82, 2.24) is 4.98 Å². The Bertz CT molecular complexity index is 1060. The Labute approximate surface area is 219 Å². The molecule has 2 heterocycles. The number of pyridine rings is 1. The van der Waals surface area contributed by atoms with E-state index in [0.717, 1.165) is 32.1 Å². The molecule has 6 rings (SSSR count). The molecule has 0 aromatic carbocycles. The zero-order valence-electron chi connectivity index (χ0n) is 21.9. The number of hydrogen-bond acceptors (Lipinski definition) is 7. The maximum Gasteiger partial charge on any atom is 0.186 e. The topological polar surface area (TPSA) is 112 Å². The van der Waals surface area contributed by atoms with Gasteiger partial charge < -0.3 is 29.9 Å². The van der Waals surface area contributed by atoms with Crippen molar-refractivity contribution in [2.75, 3.05) is 6.61 Å². The van der Waals surface area contributed by atoms with E-state index in [0.29, 0.717) is 17.8 Å². The van der Waals surface area contributed by atoms with Gasteiger partial charge in [-0.2, -0.15) is 0 Å². The summed E-state index contributed by atoms with van der Waals surface area (Å²) in [5, 5.41) is 40.2. The van der Waals surface area contributed by atoms with E-state index in [9.17, 15) is 20.4 Å². The fraction of sp³-hybridized carbons (Fsp3) is 0.700. The van der Waals surface area contributed by atoms with Crippen LogP contribution in [0.3, 0.4) is 0 Å². The van der Waals surface area contributed by atoms with Gasteiger partial charge >= 0.3 is 0 Å². The van der Waals surface area contributed by atoms with Gasteiger partial charge in [0.2, 0.25) is 0 Å². The van der Waals surface area contributed by atoms with Gasteiger partial charge in [0.25, 0.3) is 0 Å². The van der Waals surface area contributed by atoms with Crippen LogP contribution in [0.15, 0.2) is 42.3 Å². The highest BCUT2D eigenvalue weighted by Gasteiger charge is 2.57. The predicted octanol–water partition coefficient (Wildman–Crippen LogP) is 3.22. The van der Waals surface area contributed by atoms with E-state index in [1.807, 2.05) is 18.5 Å². The second-order valence-electron chi connectivity index (χ2n) is 12.5. The first-order chi connectivity index (χ1) is 17.8. The summed E-state index contributed by atoms with van der Waals surface area (Å²) in [6, 6.07) is 4.25. The summed E-state index contributed by atoms with van der Waals surface area (Å²) in [7, 11) is 0. The molecule has 202 valence electrons. The molecule has 1 unspecified atom stereocenters. The fourth-order valence-electron chi connectivity index (χ4n) is 8.65. The molecule has 7 nitrogen and oxygen atoms in total. The van der Waals surface area contributed by atoms with E-state index in [1.54, 1.807) is 0 Å². The summed E-state index contributed by atoms with van der Waals surface area (Å²) in [5.74, 6) is 1.97. The number of aliphatic hydroxyl groups is 4. The lowest BCUT2D eigenvalue weighted by molar-refractivity contribution is -0.313. The number of allylic oxidation sites excluding steroid dienone is 3. The van der Waals surface area contributed by atoms with Crippen LogP contribution in [0.25, 0.3) is 5.57 Å². The lowest BCUT2D eigenvalue weighted by Crippen LogP contribution is -2.60. The molecule has 1 saturated heterocycles. The largest absolute Gasteiger partial charge is 0.394 e. The number of rotatable bonds is 4. The second kappa shape index (κ2) is 9.54. The van der Waals surface area contributed by atoms with Gasteiger partial charge in [-0.25, -0.2) is 0 Å². The van der Waals surface area contributed by atoms with Gasteiger partial charge in [0.05, 0.1) is 12.7 Å². The van der Waals surface area contributed by atoms with Crippen LogP contribution in [0.1, 0.15) is 64.4 Å². The molecular weight excluding hydrogens is 470 g/mol. The number of nitrogens with zero attached hydrogens (tertiary/aromatic N) is 1. The van der Waals surface area contributed by atoms with Crippen molar-refractivity contribution >= 4 is 5.57 Å². The Morgan fingerprint density at radius 2 is 1.81 bits per heavy atom. The van der Waals surface area contributed by atoms with Crippen LogP contribution in [0.4, 0.5) is 0 Å². The summed E-state index contributed by atoms with van der Waals surface area (Å²) in [4.78, 5) is 4.39. The number of fused-ring (bicyclic) bond motifs is 5. The fourth-order valence-corrected chi connectivity index (χ4v) is 8.65. The first-order valence-electron chi connectivity index (χ1n) is 14.0. The van der Waals surface area contributed by atoms with Crippen molar-refractivity contribution in [2.24, 2.45) is 28.6 Å². The molecule has 4 N–H and O–H groups in total. The van der Waals surface area contributed by atoms with E-state index in [-0.39, 0.29) is 16.9 Å². The van der Waals surface area contributed by atoms with Gasteiger partial charge in [-0.15, -0.1) is 0 Å². The SMILES string of the molecule is C[C@]12CC[C@H](O[C@@H]3O[C@H](CO)[C@@H](O)[C@H](O)[C@H]3O)CC1=CCC1[C@@H]2CC[C@]2(C)C(c3cccnc3)=CC[C@@H]12. The molecule has 11 atom stereocenters. The van der Waals surface area contributed by atoms with E-state index < -0.39 is 37.3 Å². The highest BCUT2D eigenvalue weighted by molar-refractivity contribution is 5.72. The van der Waals surface area contributed by atoms with Crippen LogP contribution in [-0.4, -0.2) is 68.8 Å².